The SMILES string of the molecule is N#Cc1cc(Cl)c(Oc2cccc(Cl)c2)c(Cl)c1. The standard InChI is InChI=1S/C13H6Cl3NO/c14-9-2-1-3-10(6-9)18-13-11(15)4-8(7-17)5-12(13)16/h1-6H. The molecule has 0 heterocycles. The van der Waals surface area contributed by atoms with E-state index in [0.717, 1.165) is 0 Å². The van der Waals surface area contributed by atoms with Crippen molar-refractivity contribution < 1.29 is 4.74 Å². The summed E-state index contributed by atoms with van der Waals surface area (Å²) in [6.07, 6.45) is 0. The Kier molecular flexibility index (Phi) is 3.98. The molecule has 0 atom stereocenters. The molecule has 0 N–H and O–H groups in total. The first-order valence-corrected chi connectivity index (χ1v) is 6.06. The van der Waals surface area contributed by atoms with Gasteiger partial charge in [0.1, 0.15) is 5.75 Å². The number of nitriles is 1. The highest BCUT2D eigenvalue weighted by atomic mass is 35.5. The van der Waals surface area contributed by atoms with Crippen LogP contribution < -0.4 is 4.74 Å². The highest BCUT2D eigenvalue weighted by Gasteiger charge is 2.11. The Balaban J connectivity index is 2.38. The van der Waals surface area contributed by atoms with Gasteiger partial charge >= 0.3 is 0 Å². The largest absolute Gasteiger partial charge is 0.454 e. The molecule has 0 aliphatic carbocycles. The summed E-state index contributed by atoms with van der Waals surface area (Å²) in [6, 6.07) is 11.8. The molecule has 18 heavy (non-hydrogen) atoms. The summed E-state index contributed by atoms with van der Waals surface area (Å²) in [5, 5.41) is 9.88. The highest BCUT2D eigenvalue weighted by molar-refractivity contribution is 6.37. The molecule has 0 bridgehead atoms. The maximum atomic E-state index is 8.78. The van der Waals surface area contributed by atoms with Crippen LogP contribution in [0.5, 0.6) is 11.5 Å². The third-order valence-electron chi connectivity index (χ3n) is 2.14. The molecule has 0 saturated carbocycles. The van der Waals surface area contributed by atoms with Crippen LogP contribution in [0.1, 0.15) is 5.56 Å². The van der Waals surface area contributed by atoms with Crippen LogP contribution in [0.25, 0.3) is 0 Å². The van der Waals surface area contributed by atoms with E-state index in [-0.39, 0.29) is 10.0 Å². The van der Waals surface area contributed by atoms with E-state index < -0.39 is 0 Å². The lowest BCUT2D eigenvalue weighted by atomic mass is 10.2. The van der Waals surface area contributed by atoms with Crippen molar-refractivity contribution in [3.63, 3.8) is 0 Å². The average Bonchev–Trinajstić information content (AvgIpc) is 2.33. The van der Waals surface area contributed by atoms with Crippen LogP contribution in [0.3, 0.4) is 0 Å². The summed E-state index contributed by atoms with van der Waals surface area (Å²) in [6.45, 7) is 0. The lowest BCUT2D eigenvalue weighted by Gasteiger charge is -2.10. The van der Waals surface area contributed by atoms with Gasteiger partial charge in [0.15, 0.2) is 5.75 Å². The molecule has 0 radical (unpaired) electrons. The summed E-state index contributed by atoms with van der Waals surface area (Å²) in [5.74, 6) is 0.829. The van der Waals surface area contributed by atoms with E-state index in [2.05, 4.69) is 0 Å². The summed E-state index contributed by atoms with van der Waals surface area (Å²) in [4.78, 5) is 0. The number of rotatable bonds is 2. The minimum Gasteiger partial charge on any atom is -0.454 e. The summed E-state index contributed by atoms with van der Waals surface area (Å²) in [5.41, 5.74) is 0.378. The van der Waals surface area contributed by atoms with Crippen LogP contribution in [-0.2, 0) is 0 Å². The van der Waals surface area contributed by atoms with Gasteiger partial charge in [-0.15, -0.1) is 0 Å². The molecule has 0 saturated heterocycles. The molecular weight excluding hydrogens is 293 g/mol. The Hall–Kier alpha value is -1.40. The molecule has 2 nitrogen and oxygen atoms in total. The monoisotopic (exact) mass is 297 g/mol. The number of nitrogens with zero attached hydrogens (tertiary/aromatic N) is 1. The predicted molar refractivity (Wildman–Crippen MR) is 72.7 cm³/mol. The molecule has 0 amide bonds. The average molecular weight is 299 g/mol. The fraction of sp³-hybridized carbons (Fsp3) is 0. The van der Waals surface area contributed by atoms with E-state index >= 15 is 0 Å². The zero-order chi connectivity index (χ0) is 13.1. The number of hydrogen-bond donors (Lipinski definition) is 0. The maximum Gasteiger partial charge on any atom is 0.164 e. The van der Waals surface area contributed by atoms with E-state index in [0.29, 0.717) is 22.1 Å². The number of ether oxygens (including phenoxy) is 1. The molecule has 2 rings (SSSR count). The van der Waals surface area contributed by atoms with Crippen molar-refractivity contribution in [2.75, 3.05) is 0 Å². The van der Waals surface area contributed by atoms with Crippen LogP contribution in [0, 0.1) is 11.3 Å². The predicted octanol–water partition coefficient (Wildman–Crippen LogP) is 5.31. The smallest absolute Gasteiger partial charge is 0.164 e. The number of benzene rings is 2. The van der Waals surface area contributed by atoms with Crippen molar-refractivity contribution in [3.8, 4) is 17.6 Å². The molecule has 5 heteroatoms. The molecule has 2 aromatic rings. The number of halogens is 3. The van der Waals surface area contributed by atoms with Gasteiger partial charge in [-0.2, -0.15) is 5.26 Å². The summed E-state index contributed by atoms with van der Waals surface area (Å²) < 4.78 is 5.56. The van der Waals surface area contributed by atoms with Crippen LogP contribution in [-0.4, -0.2) is 0 Å². The first-order valence-electron chi connectivity index (χ1n) is 4.92. The van der Waals surface area contributed by atoms with Crippen LogP contribution in [0.4, 0.5) is 0 Å². The molecule has 2 aromatic carbocycles. The van der Waals surface area contributed by atoms with Gasteiger partial charge in [0, 0.05) is 5.02 Å². The molecule has 0 fully saturated rings. The van der Waals surface area contributed by atoms with Crippen LogP contribution >= 0.6 is 34.8 Å². The molecular formula is C13H6Cl3NO. The van der Waals surface area contributed by atoms with Gasteiger partial charge in [-0.1, -0.05) is 40.9 Å². The fourth-order valence-electron chi connectivity index (χ4n) is 1.37. The second kappa shape index (κ2) is 5.49. The fourth-order valence-corrected chi connectivity index (χ4v) is 2.11. The summed E-state index contributed by atoms with van der Waals surface area (Å²) in [7, 11) is 0. The van der Waals surface area contributed by atoms with Gasteiger partial charge in [0.25, 0.3) is 0 Å². The van der Waals surface area contributed by atoms with Gasteiger partial charge in [-0.3, -0.25) is 0 Å². The normalized spacial score (nSPS) is 9.89. The third-order valence-corrected chi connectivity index (χ3v) is 2.94. The Labute approximate surface area is 119 Å². The van der Waals surface area contributed by atoms with Crippen molar-refractivity contribution in [3.05, 3.63) is 57.0 Å². The molecule has 0 spiro atoms. The first-order chi connectivity index (χ1) is 8.60. The topological polar surface area (TPSA) is 33.0 Å². The zero-order valence-electron chi connectivity index (χ0n) is 8.95. The molecule has 0 aliphatic rings. The van der Waals surface area contributed by atoms with Crippen LogP contribution in [0.15, 0.2) is 36.4 Å². The van der Waals surface area contributed by atoms with Crippen molar-refractivity contribution >= 4 is 34.8 Å². The Morgan fingerprint density at radius 1 is 1.00 bits per heavy atom. The van der Waals surface area contributed by atoms with Crippen molar-refractivity contribution in [1.82, 2.24) is 0 Å². The molecule has 0 aromatic heterocycles. The van der Waals surface area contributed by atoms with Crippen molar-refractivity contribution in [2.24, 2.45) is 0 Å². The second-order valence-corrected chi connectivity index (χ2v) is 4.69. The lowest BCUT2D eigenvalue weighted by molar-refractivity contribution is 0.483. The van der Waals surface area contributed by atoms with Gasteiger partial charge in [-0.05, 0) is 30.3 Å². The van der Waals surface area contributed by atoms with Gasteiger partial charge in [0.2, 0.25) is 0 Å². The quantitative estimate of drug-likeness (QED) is 0.752. The van der Waals surface area contributed by atoms with E-state index in [1.807, 2.05) is 6.07 Å². The second-order valence-electron chi connectivity index (χ2n) is 3.44. The first kappa shape index (κ1) is 13.0. The van der Waals surface area contributed by atoms with Gasteiger partial charge < -0.3 is 4.74 Å². The van der Waals surface area contributed by atoms with Gasteiger partial charge in [-0.25, -0.2) is 0 Å². The summed E-state index contributed by atoms with van der Waals surface area (Å²) >= 11 is 17.9. The molecule has 90 valence electrons. The van der Waals surface area contributed by atoms with Crippen LogP contribution in [0.2, 0.25) is 15.1 Å². The molecule has 0 aliphatic heterocycles. The van der Waals surface area contributed by atoms with E-state index in [1.54, 1.807) is 24.3 Å². The third kappa shape index (κ3) is 2.88. The molecule has 0 unspecified atom stereocenters. The minimum absolute atomic E-state index is 0.277. The Morgan fingerprint density at radius 3 is 2.22 bits per heavy atom. The van der Waals surface area contributed by atoms with E-state index in [4.69, 9.17) is 44.8 Å². The Morgan fingerprint density at radius 2 is 1.67 bits per heavy atom. The van der Waals surface area contributed by atoms with Crippen molar-refractivity contribution in [2.45, 2.75) is 0 Å². The highest BCUT2D eigenvalue weighted by Crippen LogP contribution is 2.37. The minimum atomic E-state index is 0.277. The van der Waals surface area contributed by atoms with Gasteiger partial charge in [0.05, 0.1) is 21.7 Å². The maximum absolute atomic E-state index is 8.78. The number of hydrogen-bond acceptors (Lipinski definition) is 2. The zero-order valence-corrected chi connectivity index (χ0v) is 11.2. The lowest BCUT2D eigenvalue weighted by Crippen LogP contribution is -1.88. The Bertz CT molecular complexity index is 611. The van der Waals surface area contributed by atoms with E-state index in [1.165, 1.54) is 12.1 Å². The van der Waals surface area contributed by atoms with Crippen molar-refractivity contribution in [1.29, 1.82) is 5.26 Å². The van der Waals surface area contributed by atoms with E-state index in [9.17, 15) is 0 Å².